The van der Waals surface area contributed by atoms with Gasteiger partial charge in [0.15, 0.2) is 0 Å². The molecular formula is C33H44ClN3O5. The number of hydrogen-bond donors (Lipinski definition) is 3. The van der Waals surface area contributed by atoms with E-state index in [1.165, 1.54) is 6.42 Å². The van der Waals surface area contributed by atoms with Gasteiger partial charge in [-0.1, -0.05) is 69.0 Å². The normalized spacial score (nSPS) is 22.0. The molecule has 228 valence electrons. The van der Waals surface area contributed by atoms with E-state index in [9.17, 15) is 19.5 Å². The third-order valence-electron chi connectivity index (χ3n) is 9.48. The lowest BCUT2D eigenvalue weighted by Crippen LogP contribution is -2.75. The zero-order valence-electron chi connectivity index (χ0n) is 24.5. The molecule has 2 saturated heterocycles. The number of aromatic carboxylic acids is 1. The number of likely N-dealkylation sites (tertiary alicyclic amines) is 1. The molecule has 3 N–H and O–H groups in total. The van der Waals surface area contributed by atoms with Crippen LogP contribution in [-0.2, 0) is 16.1 Å². The van der Waals surface area contributed by atoms with Gasteiger partial charge in [0.2, 0.25) is 11.8 Å². The number of amides is 2. The van der Waals surface area contributed by atoms with Crippen LogP contribution in [-0.4, -0.2) is 75.1 Å². The van der Waals surface area contributed by atoms with Crippen molar-refractivity contribution in [2.45, 2.75) is 88.9 Å². The van der Waals surface area contributed by atoms with Gasteiger partial charge in [-0.3, -0.25) is 14.5 Å². The van der Waals surface area contributed by atoms with Gasteiger partial charge < -0.3 is 20.4 Å². The Morgan fingerprint density at radius 1 is 0.976 bits per heavy atom. The van der Waals surface area contributed by atoms with Crippen LogP contribution in [0.1, 0.15) is 80.6 Å². The maximum absolute atomic E-state index is 13.8. The minimum Gasteiger partial charge on any atom is -0.478 e. The number of unbranched alkanes of at least 4 members (excludes halogenated alkanes) is 1. The standard InChI is InChI=1S/C33H43N3O5.ClH/c1-2-3-19-36-30(38)28(29(37)26-7-5-4-6-8-26)34-32(41)33(36)17-20-35(21-18-33)22-23-9-11-24(12-10-23)25-13-15-27(16-14-25)31(39)40;/h9-16,26,28-29,37H,2-8,17-22H2,1H3,(H,34,41)(H,39,40);1H/t28-,29-;/m1./s1. The number of hydrogen-bond acceptors (Lipinski definition) is 5. The number of carboxylic acid groups (broad SMARTS) is 1. The van der Waals surface area contributed by atoms with E-state index in [2.05, 4.69) is 29.3 Å². The Bertz CT molecular complexity index is 1220. The summed E-state index contributed by atoms with van der Waals surface area (Å²) in [5.41, 5.74) is 2.57. The molecule has 2 aromatic rings. The first kappa shape index (κ1) is 32.0. The Hall–Kier alpha value is -2.94. The fraction of sp³-hybridized carbons (Fsp3) is 0.545. The first-order chi connectivity index (χ1) is 19.8. The average molecular weight is 598 g/mol. The molecule has 2 aromatic carbocycles. The smallest absolute Gasteiger partial charge is 0.335 e. The lowest BCUT2D eigenvalue weighted by Gasteiger charge is -2.52. The minimum atomic E-state index is -0.935. The van der Waals surface area contributed by atoms with Gasteiger partial charge in [0, 0.05) is 26.2 Å². The van der Waals surface area contributed by atoms with Crippen molar-refractivity contribution in [3.63, 3.8) is 0 Å². The summed E-state index contributed by atoms with van der Waals surface area (Å²) < 4.78 is 0. The molecule has 1 aliphatic carbocycles. The van der Waals surface area contributed by atoms with Gasteiger partial charge in [0.05, 0.1) is 11.7 Å². The largest absolute Gasteiger partial charge is 0.478 e. The topological polar surface area (TPSA) is 110 Å². The Balaban J connectivity index is 0.00000405. The van der Waals surface area contributed by atoms with Crippen LogP contribution in [0.3, 0.4) is 0 Å². The van der Waals surface area contributed by atoms with Crippen molar-refractivity contribution >= 4 is 30.2 Å². The summed E-state index contributed by atoms with van der Waals surface area (Å²) in [4.78, 5) is 42.8. The third kappa shape index (κ3) is 6.66. The number of benzene rings is 2. The Labute approximate surface area is 254 Å². The molecule has 1 saturated carbocycles. The van der Waals surface area contributed by atoms with Crippen LogP contribution in [0.4, 0.5) is 0 Å². The third-order valence-corrected chi connectivity index (χ3v) is 9.48. The quantitative estimate of drug-likeness (QED) is 0.380. The van der Waals surface area contributed by atoms with Gasteiger partial charge in [-0.05, 0) is 66.8 Å². The molecule has 3 fully saturated rings. The summed E-state index contributed by atoms with van der Waals surface area (Å²) in [5.74, 6) is -1.09. The second-order valence-corrected chi connectivity index (χ2v) is 12.1. The maximum Gasteiger partial charge on any atom is 0.335 e. The number of piperazine rings is 1. The second kappa shape index (κ2) is 14.0. The van der Waals surface area contributed by atoms with E-state index >= 15 is 0 Å². The van der Waals surface area contributed by atoms with E-state index in [0.717, 1.165) is 61.8 Å². The maximum atomic E-state index is 13.8. The van der Waals surface area contributed by atoms with Crippen molar-refractivity contribution in [2.24, 2.45) is 5.92 Å². The van der Waals surface area contributed by atoms with Crippen LogP contribution in [0, 0.1) is 5.92 Å². The van der Waals surface area contributed by atoms with Crippen molar-refractivity contribution in [3.05, 3.63) is 59.7 Å². The molecule has 1 spiro atoms. The highest BCUT2D eigenvalue weighted by atomic mass is 35.5. The second-order valence-electron chi connectivity index (χ2n) is 12.1. The van der Waals surface area contributed by atoms with Gasteiger partial charge in [-0.25, -0.2) is 4.79 Å². The molecule has 2 amide bonds. The minimum absolute atomic E-state index is 0. The van der Waals surface area contributed by atoms with Gasteiger partial charge in [-0.15, -0.1) is 12.4 Å². The lowest BCUT2D eigenvalue weighted by molar-refractivity contribution is -0.166. The van der Waals surface area contributed by atoms with Crippen molar-refractivity contribution < 1.29 is 24.6 Å². The molecule has 9 heteroatoms. The van der Waals surface area contributed by atoms with Crippen LogP contribution in [0.25, 0.3) is 11.1 Å². The molecule has 0 unspecified atom stereocenters. The number of nitrogens with zero attached hydrogens (tertiary/aromatic N) is 2. The summed E-state index contributed by atoms with van der Waals surface area (Å²) in [6.07, 6.45) is 7.22. The van der Waals surface area contributed by atoms with Crippen molar-refractivity contribution in [2.75, 3.05) is 19.6 Å². The lowest BCUT2D eigenvalue weighted by atomic mass is 9.78. The zero-order chi connectivity index (χ0) is 29.0. The molecule has 2 atom stereocenters. The molecule has 3 aliphatic rings. The van der Waals surface area contributed by atoms with E-state index in [0.29, 0.717) is 32.5 Å². The molecular weight excluding hydrogens is 554 g/mol. The van der Waals surface area contributed by atoms with Crippen LogP contribution >= 0.6 is 12.4 Å². The van der Waals surface area contributed by atoms with Gasteiger partial charge >= 0.3 is 5.97 Å². The van der Waals surface area contributed by atoms with Gasteiger partial charge in [-0.2, -0.15) is 0 Å². The number of carbonyl (C=O) groups is 3. The van der Waals surface area contributed by atoms with Crippen molar-refractivity contribution in [1.82, 2.24) is 15.1 Å². The zero-order valence-corrected chi connectivity index (χ0v) is 25.3. The van der Waals surface area contributed by atoms with Crippen molar-refractivity contribution in [3.8, 4) is 11.1 Å². The molecule has 0 aromatic heterocycles. The van der Waals surface area contributed by atoms with E-state index in [4.69, 9.17) is 5.11 Å². The molecule has 2 heterocycles. The Morgan fingerprint density at radius 3 is 2.14 bits per heavy atom. The average Bonchev–Trinajstić information content (AvgIpc) is 3.00. The highest BCUT2D eigenvalue weighted by Gasteiger charge is 2.55. The van der Waals surface area contributed by atoms with E-state index < -0.39 is 23.7 Å². The monoisotopic (exact) mass is 597 g/mol. The molecule has 5 rings (SSSR count). The number of halogens is 1. The number of rotatable bonds is 9. The van der Waals surface area contributed by atoms with Gasteiger partial charge in [0.1, 0.15) is 11.6 Å². The first-order valence-corrected chi connectivity index (χ1v) is 15.3. The number of aliphatic hydroxyl groups excluding tert-OH is 1. The fourth-order valence-electron chi connectivity index (χ4n) is 6.90. The van der Waals surface area contributed by atoms with E-state index in [-0.39, 0.29) is 35.7 Å². The van der Waals surface area contributed by atoms with Crippen LogP contribution in [0.5, 0.6) is 0 Å². The summed E-state index contributed by atoms with van der Waals surface area (Å²) in [5, 5.41) is 23.3. The van der Waals surface area contributed by atoms with Crippen LogP contribution in [0.15, 0.2) is 48.5 Å². The highest BCUT2D eigenvalue weighted by Crippen LogP contribution is 2.36. The first-order valence-electron chi connectivity index (χ1n) is 15.3. The number of carboxylic acids is 1. The number of aliphatic hydroxyl groups is 1. The number of carbonyl (C=O) groups excluding carboxylic acids is 2. The summed E-state index contributed by atoms with van der Waals surface area (Å²) >= 11 is 0. The predicted octanol–water partition coefficient (Wildman–Crippen LogP) is 4.88. The number of nitrogens with one attached hydrogen (secondary N) is 1. The van der Waals surface area contributed by atoms with Gasteiger partial charge in [0.25, 0.3) is 0 Å². The summed E-state index contributed by atoms with van der Waals surface area (Å²) in [6.45, 7) is 4.80. The molecule has 42 heavy (non-hydrogen) atoms. The molecule has 8 nitrogen and oxygen atoms in total. The summed E-state index contributed by atoms with van der Waals surface area (Å²) in [7, 11) is 0. The SMILES string of the molecule is CCCCN1C(=O)[C@@H]([C@H](O)C2CCCCC2)NC(=O)C12CCN(Cc1ccc(-c3ccc(C(=O)O)cc3)cc1)CC2.Cl. The molecule has 0 bridgehead atoms. The Morgan fingerprint density at radius 2 is 1.57 bits per heavy atom. The number of piperidine rings is 1. The predicted molar refractivity (Wildman–Crippen MR) is 164 cm³/mol. The highest BCUT2D eigenvalue weighted by molar-refractivity contribution is 6.00. The molecule has 0 radical (unpaired) electrons. The molecule has 2 aliphatic heterocycles. The Kier molecular flexibility index (Phi) is 10.7. The van der Waals surface area contributed by atoms with Crippen molar-refractivity contribution in [1.29, 1.82) is 0 Å². The van der Waals surface area contributed by atoms with E-state index in [1.807, 2.05) is 29.2 Å². The van der Waals surface area contributed by atoms with E-state index in [1.54, 1.807) is 12.1 Å². The van der Waals surface area contributed by atoms with Crippen LogP contribution < -0.4 is 5.32 Å². The van der Waals surface area contributed by atoms with Crippen LogP contribution in [0.2, 0.25) is 0 Å². The fourth-order valence-corrected chi connectivity index (χ4v) is 6.90. The summed E-state index contributed by atoms with van der Waals surface area (Å²) in [6, 6.07) is 14.3.